The average Bonchev–Trinajstić information content (AvgIpc) is 3.34. The molecule has 33 heavy (non-hydrogen) atoms. The van der Waals surface area contributed by atoms with Crippen molar-refractivity contribution in [2.75, 3.05) is 22.6 Å². The van der Waals surface area contributed by atoms with Crippen molar-refractivity contribution in [2.45, 2.75) is 45.6 Å². The van der Waals surface area contributed by atoms with Crippen molar-refractivity contribution in [3.63, 3.8) is 0 Å². The predicted octanol–water partition coefficient (Wildman–Crippen LogP) is 3.17. The van der Waals surface area contributed by atoms with Crippen molar-refractivity contribution in [2.24, 2.45) is 7.05 Å². The average molecular weight is 462 g/mol. The molecule has 1 aliphatic rings. The predicted molar refractivity (Wildman–Crippen MR) is 117 cm³/mol. The number of likely N-dealkylation sites (N-methyl/N-ethyl adjacent to an activating group) is 1. The number of carbonyl (C=O) groups excluding carboxylic acids is 1. The fourth-order valence-corrected chi connectivity index (χ4v) is 3.92. The summed E-state index contributed by atoms with van der Waals surface area (Å²) in [7, 11) is 3.37. The van der Waals surface area contributed by atoms with Gasteiger partial charge in [0.25, 0.3) is 0 Å². The third-order valence-electron chi connectivity index (χ3n) is 5.72. The van der Waals surface area contributed by atoms with Gasteiger partial charge in [-0.1, -0.05) is 6.92 Å². The first-order chi connectivity index (χ1) is 15.6. The molecule has 0 aromatic carbocycles. The molecule has 0 fully saturated rings. The number of amides is 1. The maximum absolute atomic E-state index is 12.9. The second-order valence-electron chi connectivity index (χ2n) is 8.05. The SMILES string of the molecule is CC[C@H]1C(=O)Nc2c(cc(NCc3cnn(Cc4cc(C(F)(F)F)nn4C)c3)nc2C)N1C. The lowest BCUT2D eigenvalue weighted by Crippen LogP contribution is -2.45. The highest BCUT2D eigenvalue weighted by Crippen LogP contribution is 2.35. The number of rotatable bonds is 6. The number of carbonyl (C=O) groups is 1. The van der Waals surface area contributed by atoms with Gasteiger partial charge in [0.2, 0.25) is 5.91 Å². The second kappa shape index (κ2) is 8.41. The summed E-state index contributed by atoms with van der Waals surface area (Å²) in [6, 6.07) is 2.68. The molecule has 0 radical (unpaired) electrons. The minimum absolute atomic E-state index is 0.0405. The number of pyridine rings is 1. The molecule has 1 aliphatic heterocycles. The number of hydrogen-bond donors (Lipinski definition) is 2. The van der Waals surface area contributed by atoms with E-state index < -0.39 is 11.9 Å². The summed E-state index contributed by atoms with van der Waals surface area (Å²) in [5.41, 5.74) is 2.63. The van der Waals surface area contributed by atoms with Crippen LogP contribution in [0.5, 0.6) is 0 Å². The number of alkyl halides is 3. The third-order valence-corrected chi connectivity index (χ3v) is 5.72. The molecule has 176 valence electrons. The van der Waals surface area contributed by atoms with Crippen LogP contribution in [0.25, 0.3) is 0 Å². The Morgan fingerprint density at radius 2 is 2.00 bits per heavy atom. The van der Waals surface area contributed by atoms with Crippen LogP contribution in [0.2, 0.25) is 0 Å². The summed E-state index contributed by atoms with van der Waals surface area (Å²) in [5.74, 6) is 0.611. The molecule has 0 bridgehead atoms. The van der Waals surface area contributed by atoms with Crippen LogP contribution in [0.1, 0.15) is 36.0 Å². The topological polar surface area (TPSA) is 92.9 Å². The van der Waals surface area contributed by atoms with Crippen molar-refractivity contribution in [3.8, 4) is 0 Å². The molecule has 1 amide bonds. The van der Waals surface area contributed by atoms with E-state index in [0.717, 1.165) is 17.3 Å². The van der Waals surface area contributed by atoms with Crippen LogP contribution >= 0.6 is 0 Å². The highest BCUT2D eigenvalue weighted by Gasteiger charge is 2.34. The molecule has 0 spiro atoms. The molecule has 0 unspecified atom stereocenters. The first-order valence-electron chi connectivity index (χ1n) is 10.5. The molecule has 3 aromatic rings. The molecule has 9 nitrogen and oxygen atoms in total. The number of aryl methyl sites for hydroxylation is 2. The summed E-state index contributed by atoms with van der Waals surface area (Å²) in [4.78, 5) is 18.8. The smallest absolute Gasteiger partial charge is 0.366 e. The summed E-state index contributed by atoms with van der Waals surface area (Å²) in [5, 5.41) is 14.0. The number of anilines is 3. The van der Waals surface area contributed by atoms with E-state index in [1.807, 2.05) is 31.9 Å². The molecular formula is C21H25F3N8O. The van der Waals surface area contributed by atoms with Crippen LogP contribution in [0.4, 0.5) is 30.4 Å². The Morgan fingerprint density at radius 1 is 1.24 bits per heavy atom. The zero-order chi connectivity index (χ0) is 23.9. The van der Waals surface area contributed by atoms with E-state index in [9.17, 15) is 18.0 Å². The molecule has 3 aromatic heterocycles. The summed E-state index contributed by atoms with van der Waals surface area (Å²) in [6.45, 7) is 4.40. The Hall–Kier alpha value is -3.57. The monoisotopic (exact) mass is 462 g/mol. The van der Waals surface area contributed by atoms with E-state index in [1.54, 1.807) is 17.1 Å². The zero-order valence-electron chi connectivity index (χ0n) is 18.7. The molecule has 12 heteroatoms. The van der Waals surface area contributed by atoms with Crippen molar-refractivity contribution < 1.29 is 18.0 Å². The van der Waals surface area contributed by atoms with Gasteiger partial charge in [-0.15, -0.1) is 0 Å². The van der Waals surface area contributed by atoms with E-state index in [2.05, 4.69) is 25.8 Å². The number of nitrogens with zero attached hydrogens (tertiary/aromatic N) is 6. The van der Waals surface area contributed by atoms with Crippen LogP contribution in [0.15, 0.2) is 24.5 Å². The molecule has 4 rings (SSSR count). The fourth-order valence-electron chi connectivity index (χ4n) is 3.92. The van der Waals surface area contributed by atoms with Crippen LogP contribution in [0, 0.1) is 6.92 Å². The van der Waals surface area contributed by atoms with Crippen molar-refractivity contribution >= 4 is 23.1 Å². The largest absolute Gasteiger partial charge is 0.435 e. The Morgan fingerprint density at radius 3 is 2.67 bits per heavy atom. The van der Waals surface area contributed by atoms with Gasteiger partial charge >= 0.3 is 6.18 Å². The number of fused-ring (bicyclic) bond motifs is 1. The Balaban J connectivity index is 1.45. The molecule has 0 aliphatic carbocycles. The van der Waals surface area contributed by atoms with Gasteiger partial charge in [-0.25, -0.2) is 4.98 Å². The van der Waals surface area contributed by atoms with Gasteiger partial charge < -0.3 is 15.5 Å². The zero-order valence-corrected chi connectivity index (χ0v) is 18.7. The summed E-state index contributed by atoms with van der Waals surface area (Å²) >= 11 is 0. The van der Waals surface area contributed by atoms with Gasteiger partial charge in [0.05, 0.1) is 35.5 Å². The standard InChI is InChI=1S/C21H25F3N8O/c1-5-15-20(33)28-19-12(2)27-18(7-16(19)30(15)3)25-8-13-9-26-32(10-13)11-14-6-17(21(22,23)24)29-31(14)4/h6-7,9-10,15H,5,8,11H2,1-4H3,(H,25,27)(H,28,33)/t15-/m0/s1. The number of hydrogen-bond acceptors (Lipinski definition) is 6. The Kier molecular flexibility index (Phi) is 5.76. The van der Waals surface area contributed by atoms with Crippen molar-refractivity contribution in [3.05, 3.63) is 47.2 Å². The lowest BCUT2D eigenvalue weighted by atomic mass is 10.1. The van der Waals surface area contributed by atoms with Crippen LogP contribution in [-0.2, 0) is 31.1 Å². The van der Waals surface area contributed by atoms with E-state index in [-0.39, 0.29) is 18.5 Å². The minimum Gasteiger partial charge on any atom is -0.366 e. The van der Waals surface area contributed by atoms with Crippen LogP contribution in [-0.4, -0.2) is 43.5 Å². The van der Waals surface area contributed by atoms with E-state index >= 15 is 0 Å². The normalized spacial score (nSPS) is 16.0. The molecule has 0 saturated carbocycles. The van der Waals surface area contributed by atoms with Gasteiger partial charge in [-0.2, -0.15) is 23.4 Å². The van der Waals surface area contributed by atoms with E-state index in [4.69, 9.17) is 0 Å². The van der Waals surface area contributed by atoms with Gasteiger partial charge in [-0.05, 0) is 19.4 Å². The maximum Gasteiger partial charge on any atom is 0.435 e. The lowest BCUT2D eigenvalue weighted by Gasteiger charge is -2.35. The molecule has 1 atom stereocenters. The van der Waals surface area contributed by atoms with Crippen molar-refractivity contribution in [1.29, 1.82) is 0 Å². The second-order valence-corrected chi connectivity index (χ2v) is 8.05. The Labute approximate surface area is 188 Å². The third kappa shape index (κ3) is 4.50. The minimum atomic E-state index is -4.48. The van der Waals surface area contributed by atoms with Crippen molar-refractivity contribution in [1.82, 2.24) is 24.5 Å². The number of halogens is 3. The molecule has 2 N–H and O–H groups in total. The molecule has 4 heterocycles. The summed E-state index contributed by atoms with van der Waals surface area (Å²) in [6.07, 6.45) is -0.383. The van der Waals surface area contributed by atoms with E-state index in [1.165, 1.54) is 11.7 Å². The summed E-state index contributed by atoms with van der Waals surface area (Å²) < 4.78 is 41.4. The van der Waals surface area contributed by atoms with Gasteiger partial charge in [0.15, 0.2) is 5.69 Å². The maximum atomic E-state index is 12.9. The van der Waals surface area contributed by atoms with Crippen LogP contribution < -0.4 is 15.5 Å². The number of nitrogens with one attached hydrogen (secondary N) is 2. The molecule has 0 saturated heterocycles. The van der Waals surface area contributed by atoms with Gasteiger partial charge in [0, 0.05) is 38.5 Å². The van der Waals surface area contributed by atoms with Gasteiger partial charge in [-0.3, -0.25) is 14.2 Å². The quantitative estimate of drug-likeness (QED) is 0.585. The lowest BCUT2D eigenvalue weighted by molar-refractivity contribution is -0.141. The van der Waals surface area contributed by atoms with E-state index in [0.29, 0.717) is 35.9 Å². The first kappa shape index (κ1) is 22.6. The van der Waals surface area contributed by atoms with Gasteiger partial charge in [0.1, 0.15) is 11.9 Å². The number of aromatic nitrogens is 5. The van der Waals surface area contributed by atoms with Crippen LogP contribution in [0.3, 0.4) is 0 Å². The Bertz CT molecular complexity index is 1180. The molecular weight excluding hydrogens is 437 g/mol. The fraction of sp³-hybridized carbons (Fsp3) is 0.429. The highest BCUT2D eigenvalue weighted by atomic mass is 19.4. The first-order valence-corrected chi connectivity index (χ1v) is 10.5. The highest BCUT2D eigenvalue weighted by molar-refractivity contribution is 6.04.